The average Bonchev–Trinajstić information content (AvgIpc) is 2.88. The van der Waals surface area contributed by atoms with Crippen molar-refractivity contribution in [3.63, 3.8) is 0 Å². The summed E-state index contributed by atoms with van der Waals surface area (Å²) >= 11 is 1.35. The van der Waals surface area contributed by atoms with Crippen LogP contribution in [0.15, 0.2) is 17.5 Å². The Morgan fingerprint density at radius 2 is 2.20 bits per heavy atom. The van der Waals surface area contributed by atoms with E-state index in [-0.39, 0.29) is 17.2 Å². The van der Waals surface area contributed by atoms with E-state index in [1.54, 1.807) is 12.1 Å². The second-order valence-electron chi connectivity index (χ2n) is 6.08. The van der Waals surface area contributed by atoms with Gasteiger partial charge in [-0.05, 0) is 29.7 Å². The largest absolute Gasteiger partial charge is 0.479 e. The summed E-state index contributed by atoms with van der Waals surface area (Å²) in [6.07, 6.45) is 4.04. The molecule has 20 heavy (non-hydrogen) atoms. The van der Waals surface area contributed by atoms with E-state index < -0.39 is 12.0 Å². The Morgan fingerprint density at radius 1 is 1.45 bits per heavy atom. The Hall–Kier alpha value is -1.36. The van der Waals surface area contributed by atoms with Crippen LogP contribution in [0, 0.1) is 11.3 Å². The number of thiophene rings is 1. The van der Waals surface area contributed by atoms with Gasteiger partial charge in [0.15, 0.2) is 6.04 Å². The summed E-state index contributed by atoms with van der Waals surface area (Å²) in [5, 5.41) is 13.9. The van der Waals surface area contributed by atoms with Crippen LogP contribution in [-0.4, -0.2) is 17.0 Å². The Kier molecular flexibility index (Phi) is 4.48. The van der Waals surface area contributed by atoms with Crippen LogP contribution in [0.1, 0.15) is 50.4 Å². The molecule has 1 saturated carbocycles. The Morgan fingerprint density at radius 3 is 2.75 bits per heavy atom. The molecule has 0 aromatic carbocycles. The molecule has 110 valence electrons. The third-order valence-corrected chi connectivity index (χ3v) is 5.12. The second-order valence-corrected chi connectivity index (χ2v) is 7.06. The van der Waals surface area contributed by atoms with Crippen molar-refractivity contribution in [1.29, 1.82) is 0 Å². The van der Waals surface area contributed by atoms with Gasteiger partial charge in [-0.2, -0.15) is 0 Å². The van der Waals surface area contributed by atoms with Gasteiger partial charge in [-0.15, -0.1) is 11.3 Å². The van der Waals surface area contributed by atoms with Crippen LogP contribution in [0.5, 0.6) is 0 Å². The van der Waals surface area contributed by atoms with Crippen LogP contribution in [0.25, 0.3) is 0 Å². The summed E-state index contributed by atoms with van der Waals surface area (Å²) in [4.78, 5) is 24.5. The number of carbonyl (C=O) groups is 2. The minimum atomic E-state index is -1.01. The van der Waals surface area contributed by atoms with Crippen molar-refractivity contribution in [3.05, 3.63) is 22.4 Å². The number of nitrogens with one attached hydrogen (secondary N) is 1. The van der Waals surface area contributed by atoms with Crippen LogP contribution >= 0.6 is 11.3 Å². The molecular formula is C15H21NO3S. The highest BCUT2D eigenvalue weighted by Crippen LogP contribution is 2.40. The summed E-state index contributed by atoms with van der Waals surface area (Å²) in [5.74, 6) is -1.23. The first-order valence-corrected chi connectivity index (χ1v) is 7.86. The van der Waals surface area contributed by atoms with Gasteiger partial charge >= 0.3 is 5.97 Å². The lowest BCUT2D eigenvalue weighted by Gasteiger charge is -2.37. The van der Waals surface area contributed by atoms with Gasteiger partial charge in [-0.3, -0.25) is 4.79 Å². The van der Waals surface area contributed by atoms with Crippen molar-refractivity contribution >= 4 is 23.2 Å². The van der Waals surface area contributed by atoms with Crippen molar-refractivity contribution in [2.24, 2.45) is 11.3 Å². The molecular weight excluding hydrogens is 274 g/mol. The number of carbonyl (C=O) groups excluding carboxylic acids is 1. The van der Waals surface area contributed by atoms with E-state index in [9.17, 15) is 14.7 Å². The number of carboxylic acid groups (broad SMARTS) is 1. The van der Waals surface area contributed by atoms with Gasteiger partial charge in [-0.25, -0.2) is 4.79 Å². The van der Waals surface area contributed by atoms with Crippen molar-refractivity contribution in [2.45, 2.75) is 45.6 Å². The molecule has 1 amide bonds. The molecule has 2 N–H and O–H groups in total. The fraction of sp³-hybridized carbons (Fsp3) is 0.600. The Labute approximate surface area is 123 Å². The number of amides is 1. The SMILES string of the molecule is CC1(C)CCCCC1C(=O)NC(C(=O)O)c1cccs1. The third-order valence-electron chi connectivity index (χ3n) is 4.18. The van der Waals surface area contributed by atoms with Gasteiger partial charge in [0.1, 0.15) is 0 Å². The highest BCUT2D eigenvalue weighted by molar-refractivity contribution is 7.10. The first-order chi connectivity index (χ1) is 9.42. The molecule has 2 rings (SSSR count). The Balaban J connectivity index is 2.11. The fourth-order valence-corrected chi connectivity index (χ4v) is 3.70. The summed E-state index contributed by atoms with van der Waals surface area (Å²) in [6.45, 7) is 4.19. The van der Waals surface area contributed by atoms with E-state index in [2.05, 4.69) is 19.2 Å². The van der Waals surface area contributed by atoms with Crippen molar-refractivity contribution in [2.75, 3.05) is 0 Å². The third kappa shape index (κ3) is 3.20. The summed E-state index contributed by atoms with van der Waals surface area (Å²) in [5.41, 5.74) is -0.0547. The van der Waals surface area contributed by atoms with E-state index in [0.717, 1.165) is 25.7 Å². The maximum absolute atomic E-state index is 12.5. The molecule has 0 aliphatic heterocycles. The van der Waals surface area contributed by atoms with E-state index in [1.807, 2.05) is 5.38 Å². The smallest absolute Gasteiger partial charge is 0.331 e. The van der Waals surface area contributed by atoms with E-state index >= 15 is 0 Å². The summed E-state index contributed by atoms with van der Waals surface area (Å²) in [7, 11) is 0. The maximum Gasteiger partial charge on any atom is 0.331 e. The quantitative estimate of drug-likeness (QED) is 0.896. The normalized spacial score (nSPS) is 23.0. The molecule has 2 atom stereocenters. The standard InChI is InChI=1S/C15H21NO3S/c1-15(2)8-4-3-6-10(15)13(17)16-12(14(18)19)11-7-5-9-20-11/h5,7,9-10,12H,3-4,6,8H2,1-2H3,(H,16,17)(H,18,19). The molecule has 4 nitrogen and oxygen atoms in total. The first-order valence-electron chi connectivity index (χ1n) is 6.98. The molecule has 0 saturated heterocycles. The van der Waals surface area contributed by atoms with Crippen LogP contribution in [0.4, 0.5) is 0 Å². The van der Waals surface area contributed by atoms with Gasteiger partial charge in [0, 0.05) is 10.8 Å². The molecule has 0 radical (unpaired) electrons. The highest BCUT2D eigenvalue weighted by Gasteiger charge is 2.38. The monoisotopic (exact) mass is 295 g/mol. The topological polar surface area (TPSA) is 66.4 Å². The van der Waals surface area contributed by atoms with Crippen LogP contribution < -0.4 is 5.32 Å². The maximum atomic E-state index is 12.5. The molecule has 0 spiro atoms. The van der Waals surface area contributed by atoms with Crippen molar-refractivity contribution in [3.8, 4) is 0 Å². The molecule has 1 heterocycles. The number of hydrogen-bond donors (Lipinski definition) is 2. The molecule has 2 unspecified atom stereocenters. The Bertz CT molecular complexity index is 481. The predicted octanol–water partition coefficient (Wildman–Crippen LogP) is 3.21. The lowest BCUT2D eigenvalue weighted by Crippen LogP contribution is -2.44. The molecule has 0 bridgehead atoms. The molecule has 1 aromatic rings. The van der Waals surface area contributed by atoms with Gasteiger partial charge in [-0.1, -0.05) is 32.8 Å². The van der Waals surface area contributed by atoms with Gasteiger partial charge in [0.2, 0.25) is 5.91 Å². The van der Waals surface area contributed by atoms with Gasteiger partial charge in [0.05, 0.1) is 0 Å². The van der Waals surface area contributed by atoms with Crippen LogP contribution in [0.2, 0.25) is 0 Å². The van der Waals surface area contributed by atoms with Gasteiger partial charge < -0.3 is 10.4 Å². The number of hydrogen-bond acceptors (Lipinski definition) is 3. The predicted molar refractivity (Wildman–Crippen MR) is 78.6 cm³/mol. The zero-order valence-electron chi connectivity index (χ0n) is 11.9. The summed E-state index contributed by atoms with van der Waals surface area (Å²) < 4.78 is 0. The first kappa shape index (κ1) is 15.0. The number of aliphatic carboxylic acids is 1. The average molecular weight is 295 g/mol. The van der Waals surface area contributed by atoms with E-state index in [1.165, 1.54) is 11.3 Å². The van der Waals surface area contributed by atoms with Crippen molar-refractivity contribution in [1.82, 2.24) is 5.32 Å². The minimum absolute atomic E-state index is 0.0547. The molecule has 1 aliphatic rings. The lowest BCUT2D eigenvalue weighted by molar-refractivity contribution is -0.143. The zero-order valence-corrected chi connectivity index (χ0v) is 12.7. The van der Waals surface area contributed by atoms with Gasteiger partial charge in [0.25, 0.3) is 0 Å². The number of rotatable bonds is 4. The summed E-state index contributed by atoms with van der Waals surface area (Å²) in [6, 6.07) is 2.61. The number of carboxylic acids is 1. The molecule has 1 aromatic heterocycles. The van der Waals surface area contributed by atoms with E-state index in [4.69, 9.17) is 0 Å². The minimum Gasteiger partial charge on any atom is -0.479 e. The molecule has 1 aliphatic carbocycles. The lowest BCUT2D eigenvalue weighted by atomic mass is 9.68. The highest BCUT2D eigenvalue weighted by atomic mass is 32.1. The second kappa shape index (κ2) is 5.95. The van der Waals surface area contributed by atoms with Crippen LogP contribution in [0.3, 0.4) is 0 Å². The van der Waals surface area contributed by atoms with Crippen molar-refractivity contribution < 1.29 is 14.7 Å². The van der Waals surface area contributed by atoms with Crippen LogP contribution in [-0.2, 0) is 9.59 Å². The van der Waals surface area contributed by atoms with E-state index in [0.29, 0.717) is 4.88 Å². The zero-order chi connectivity index (χ0) is 14.8. The molecule has 1 fully saturated rings. The fourth-order valence-electron chi connectivity index (χ4n) is 2.93. The molecule has 5 heteroatoms.